The zero-order chi connectivity index (χ0) is 11.6. The van der Waals surface area contributed by atoms with Crippen LogP contribution in [0.5, 0.6) is 0 Å². The average Bonchev–Trinajstić information content (AvgIpc) is 2.32. The molecule has 0 aliphatic carbocycles. The molecular weight excluding hydrogens is 211 g/mol. The fourth-order valence-corrected chi connectivity index (χ4v) is 1.81. The molecule has 3 N–H and O–H groups in total. The van der Waals surface area contributed by atoms with Crippen LogP contribution >= 0.6 is 0 Å². The largest absolute Gasteiger partial charge is 0.394 e. The standard InChI is InChI=1S/C10H15FN4O/c11-8-5-14-9(6-13-8)15-3-1-10(12,7-16)2-4-15/h5-6,16H,1-4,7,12H2. The number of hydrogen-bond acceptors (Lipinski definition) is 5. The smallest absolute Gasteiger partial charge is 0.231 e. The van der Waals surface area contributed by atoms with Gasteiger partial charge in [-0.2, -0.15) is 4.39 Å². The van der Waals surface area contributed by atoms with Crippen molar-refractivity contribution in [2.24, 2.45) is 5.73 Å². The molecule has 0 saturated carbocycles. The summed E-state index contributed by atoms with van der Waals surface area (Å²) in [6, 6.07) is 0. The fraction of sp³-hybridized carbons (Fsp3) is 0.600. The number of rotatable bonds is 2. The van der Waals surface area contributed by atoms with Gasteiger partial charge in [0.2, 0.25) is 5.95 Å². The maximum absolute atomic E-state index is 12.6. The Kier molecular flexibility index (Phi) is 3.02. The second-order valence-electron chi connectivity index (χ2n) is 4.20. The molecule has 2 rings (SSSR count). The first-order chi connectivity index (χ1) is 7.63. The van der Waals surface area contributed by atoms with Crippen LogP contribution in [0.4, 0.5) is 10.2 Å². The Hall–Kier alpha value is -1.27. The molecule has 0 unspecified atom stereocenters. The van der Waals surface area contributed by atoms with Crippen molar-refractivity contribution in [1.29, 1.82) is 0 Å². The van der Waals surface area contributed by atoms with E-state index in [0.717, 1.165) is 6.20 Å². The molecule has 0 atom stereocenters. The van der Waals surface area contributed by atoms with Gasteiger partial charge in [-0.3, -0.25) is 0 Å². The molecule has 1 aliphatic heterocycles. The van der Waals surface area contributed by atoms with Gasteiger partial charge in [-0.15, -0.1) is 0 Å². The highest BCUT2D eigenvalue weighted by atomic mass is 19.1. The lowest BCUT2D eigenvalue weighted by atomic mass is 9.90. The number of halogens is 1. The molecule has 0 spiro atoms. The van der Waals surface area contributed by atoms with Crippen LogP contribution in [-0.4, -0.2) is 40.3 Å². The molecule has 1 saturated heterocycles. The number of aromatic nitrogens is 2. The maximum Gasteiger partial charge on any atom is 0.231 e. The first-order valence-corrected chi connectivity index (χ1v) is 5.25. The minimum absolute atomic E-state index is 0.00403. The number of piperidine rings is 1. The van der Waals surface area contributed by atoms with Gasteiger partial charge in [-0.05, 0) is 12.8 Å². The van der Waals surface area contributed by atoms with E-state index in [1.807, 2.05) is 4.90 Å². The monoisotopic (exact) mass is 226 g/mol. The van der Waals surface area contributed by atoms with Crippen molar-refractivity contribution in [2.45, 2.75) is 18.4 Å². The summed E-state index contributed by atoms with van der Waals surface area (Å²) in [6.45, 7) is 1.41. The molecule has 0 bridgehead atoms. The lowest BCUT2D eigenvalue weighted by molar-refractivity contribution is 0.170. The minimum Gasteiger partial charge on any atom is -0.394 e. The molecule has 1 aromatic heterocycles. The Balaban J connectivity index is 2.01. The summed E-state index contributed by atoms with van der Waals surface area (Å²) in [7, 11) is 0. The summed E-state index contributed by atoms with van der Waals surface area (Å²) in [5.74, 6) is 0.0747. The maximum atomic E-state index is 12.6. The van der Waals surface area contributed by atoms with Crippen molar-refractivity contribution < 1.29 is 9.50 Å². The number of anilines is 1. The van der Waals surface area contributed by atoms with Crippen molar-refractivity contribution in [2.75, 3.05) is 24.6 Å². The molecule has 1 fully saturated rings. The lowest BCUT2D eigenvalue weighted by Gasteiger charge is -2.38. The van der Waals surface area contributed by atoms with E-state index in [9.17, 15) is 4.39 Å². The highest BCUT2D eigenvalue weighted by Gasteiger charge is 2.30. The normalized spacial score (nSPS) is 19.8. The predicted molar refractivity (Wildman–Crippen MR) is 57.4 cm³/mol. The third-order valence-corrected chi connectivity index (χ3v) is 3.00. The Morgan fingerprint density at radius 1 is 1.38 bits per heavy atom. The zero-order valence-electron chi connectivity index (χ0n) is 8.93. The molecule has 2 heterocycles. The Bertz CT molecular complexity index is 348. The van der Waals surface area contributed by atoms with Crippen molar-refractivity contribution in [3.05, 3.63) is 18.3 Å². The highest BCUT2D eigenvalue weighted by Crippen LogP contribution is 2.22. The first-order valence-electron chi connectivity index (χ1n) is 5.25. The van der Waals surface area contributed by atoms with E-state index in [1.54, 1.807) is 0 Å². The van der Waals surface area contributed by atoms with Crippen LogP contribution in [0.15, 0.2) is 12.4 Å². The van der Waals surface area contributed by atoms with Crippen LogP contribution < -0.4 is 10.6 Å². The van der Waals surface area contributed by atoms with E-state index in [2.05, 4.69) is 9.97 Å². The third kappa shape index (κ3) is 2.28. The molecule has 0 radical (unpaired) electrons. The number of aliphatic hydroxyl groups is 1. The van der Waals surface area contributed by atoms with E-state index >= 15 is 0 Å². The van der Waals surface area contributed by atoms with Crippen LogP contribution in [-0.2, 0) is 0 Å². The van der Waals surface area contributed by atoms with Crippen molar-refractivity contribution in [3.8, 4) is 0 Å². The topological polar surface area (TPSA) is 75.3 Å². The highest BCUT2D eigenvalue weighted by molar-refractivity contribution is 5.36. The molecule has 6 heteroatoms. The van der Waals surface area contributed by atoms with Gasteiger partial charge in [0, 0.05) is 18.6 Å². The first kappa shape index (κ1) is 11.2. The summed E-state index contributed by atoms with van der Waals surface area (Å²) in [4.78, 5) is 9.51. The second kappa shape index (κ2) is 4.31. The SMILES string of the molecule is NC1(CO)CCN(c2cnc(F)cn2)CC1. The van der Waals surface area contributed by atoms with Gasteiger partial charge in [0.05, 0.1) is 19.0 Å². The molecule has 16 heavy (non-hydrogen) atoms. The number of nitrogens with zero attached hydrogens (tertiary/aromatic N) is 3. The van der Waals surface area contributed by atoms with Gasteiger partial charge in [0.15, 0.2) is 0 Å². The quantitative estimate of drug-likeness (QED) is 0.737. The molecule has 0 amide bonds. The molecule has 1 aliphatic rings. The van der Waals surface area contributed by atoms with Gasteiger partial charge >= 0.3 is 0 Å². The number of aliphatic hydroxyl groups excluding tert-OH is 1. The third-order valence-electron chi connectivity index (χ3n) is 3.00. The van der Waals surface area contributed by atoms with Crippen molar-refractivity contribution in [3.63, 3.8) is 0 Å². The Labute approximate surface area is 93.1 Å². The van der Waals surface area contributed by atoms with Crippen LogP contribution in [0.2, 0.25) is 0 Å². The Morgan fingerprint density at radius 2 is 2.06 bits per heavy atom. The number of nitrogens with two attached hydrogens (primary N) is 1. The summed E-state index contributed by atoms with van der Waals surface area (Å²) < 4.78 is 12.6. The Morgan fingerprint density at radius 3 is 2.56 bits per heavy atom. The van der Waals surface area contributed by atoms with E-state index in [0.29, 0.717) is 31.7 Å². The lowest BCUT2D eigenvalue weighted by Crippen LogP contribution is -2.53. The van der Waals surface area contributed by atoms with Gasteiger partial charge in [0.1, 0.15) is 5.82 Å². The summed E-state index contributed by atoms with van der Waals surface area (Å²) in [5, 5.41) is 9.12. The average molecular weight is 226 g/mol. The van der Waals surface area contributed by atoms with E-state index in [-0.39, 0.29) is 6.61 Å². The molecule has 1 aromatic rings. The van der Waals surface area contributed by atoms with Gasteiger partial charge in [0.25, 0.3) is 0 Å². The second-order valence-corrected chi connectivity index (χ2v) is 4.20. The van der Waals surface area contributed by atoms with Crippen LogP contribution in [0, 0.1) is 5.95 Å². The molecule has 5 nitrogen and oxygen atoms in total. The van der Waals surface area contributed by atoms with Gasteiger partial charge in [-0.1, -0.05) is 0 Å². The van der Waals surface area contributed by atoms with Crippen molar-refractivity contribution in [1.82, 2.24) is 9.97 Å². The predicted octanol–water partition coefficient (Wildman–Crippen LogP) is -0.0943. The van der Waals surface area contributed by atoms with E-state index < -0.39 is 11.5 Å². The minimum atomic E-state index is -0.579. The fourth-order valence-electron chi connectivity index (χ4n) is 1.81. The molecule has 88 valence electrons. The van der Waals surface area contributed by atoms with Crippen molar-refractivity contribution >= 4 is 5.82 Å². The summed E-state index contributed by atoms with van der Waals surface area (Å²) in [5.41, 5.74) is 5.47. The summed E-state index contributed by atoms with van der Waals surface area (Å²) >= 11 is 0. The van der Waals surface area contributed by atoms with Crippen LogP contribution in [0.25, 0.3) is 0 Å². The zero-order valence-corrected chi connectivity index (χ0v) is 8.93. The van der Waals surface area contributed by atoms with E-state index in [4.69, 9.17) is 10.8 Å². The van der Waals surface area contributed by atoms with Crippen LogP contribution in [0.3, 0.4) is 0 Å². The van der Waals surface area contributed by atoms with Gasteiger partial charge < -0.3 is 15.7 Å². The number of hydrogen-bond donors (Lipinski definition) is 2. The van der Waals surface area contributed by atoms with Crippen LogP contribution in [0.1, 0.15) is 12.8 Å². The molecular formula is C10H15FN4O. The van der Waals surface area contributed by atoms with E-state index in [1.165, 1.54) is 6.20 Å². The summed E-state index contributed by atoms with van der Waals surface area (Å²) in [6.07, 6.45) is 3.91. The van der Waals surface area contributed by atoms with Gasteiger partial charge in [-0.25, -0.2) is 9.97 Å². The molecule has 0 aromatic carbocycles.